The summed E-state index contributed by atoms with van der Waals surface area (Å²) in [6, 6.07) is 13.4. The molecule has 142 valence electrons. The molecule has 3 amide bonds. The molecule has 0 spiro atoms. The Bertz CT molecular complexity index is 843. The van der Waals surface area contributed by atoms with E-state index < -0.39 is 0 Å². The Kier molecular flexibility index (Phi) is 6.06. The summed E-state index contributed by atoms with van der Waals surface area (Å²) < 4.78 is 0. The first-order chi connectivity index (χ1) is 13.0. The van der Waals surface area contributed by atoms with Crippen LogP contribution in [0.3, 0.4) is 0 Å². The minimum absolute atomic E-state index is 0.0106. The minimum atomic E-state index is -0.204. The molecule has 0 saturated carbocycles. The Hall–Kier alpha value is -2.89. The van der Waals surface area contributed by atoms with Crippen molar-refractivity contribution in [1.82, 2.24) is 15.1 Å². The third kappa shape index (κ3) is 4.84. The van der Waals surface area contributed by atoms with Crippen molar-refractivity contribution < 1.29 is 14.4 Å². The van der Waals surface area contributed by atoms with Gasteiger partial charge in [0, 0.05) is 38.7 Å². The molecule has 1 aliphatic rings. The summed E-state index contributed by atoms with van der Waals surface area (Å²) in [5.74, 6) is -0.366. The lowest BCUT2D eigenvalue weighted by Gasteiger charge is -2.21. The summed E-state index contributed by atoms with van der Waals surface area (Å²) in [7, 11) is 1.63. The molecule has 6 heteroatoms. The molecule has 0 atom stereocenters. The van der Waals surface area contributed by atoms with E-state index in [0.29, 0.717) is 5.56 Å². The largest absolute Gasteiger partial charge is 0.352 e. The predicted molar refractivity (Wildman–Crippen MR) is 104 cm³/mol. The van der Waals surface area contributed by atoms with Crippen molar-refractivity contribution in [3.63, 3.8) is 0 Å². The van der Waals surface area contributed by atoms with E-state index in [4.69, 9.17) is 0 Å². The van der Waals surface area contributed by atoms with Gasteiger partial charge in [-0.25, -0.2) is 0 Å². The second-order valence-corrected chi connectivity index (χ2v) is 6.91. The van der Waals surface area contributed by atoms with Crippen LogP contribution in [-0.4, -0.2) is 60.7 Å². The van der Waals surface area contributed by atoms with Gasteiger partial charge in [0.2, 0.25) is 11.8 Å². The van der Waals surface area contributed by atoms with Gasteiger partial charge in [-0.05, 0) is 35.7 Å². The summed E-state index contributed by atoms with van der Waals surface area (Å²) in [5, 5.41) is 4.85. The van der Waals surface area contributed by atoms with Gasteiger partial charge in [-0.15, -0.1) is 0 Å². The fourth-order valence-electron chi connectivity index (χ4n) is 3.26. The lowest BCUT2D eigenvalue weighted by molar-refractivity contribution is -0.138. The number of rotatable bonds is 6. The summed E-state index contributed by atoms with van der Waals surface area (Å²) in [5.41, 5.74) is 0.568. The number of likely N-dealkylation sites (tertiary alicyclic amines) is 1. The third-order valence-electron chi connectivity index (χ3n) is 4.89. The third-order valence-corrected chi connectivity index (χ3v) is 4.89. The molecule has 1 saturated heterocycles. The normalized spacial score (nSPS) is 13.6. The lowest BCUT2D eigenvalue weighted by Crippen LogP contribution is -2.40. The number of hydrogen-bond donors (Lipinski definition) is 1. The van der Waals surface area contributed by atoms with Crippen LogP contribution in [0.5, 0.6) is 0 Å². The van der Waals surface area contributed by atoms with Crippen LogP contribution < -0.4 is 5.32 Å². The van der Waals surface area contributed by atoms with E-state index in [0.717, 1.165) is 36.7 Å². The first-order valence-corrected chi connectivity index (χ1v) is 9.33. The summed E-state index contributed by atoms with van der Waals surface area (Å²) in [6.07, 6.45) is 2.23. The van der Waals surface area contributed by atoms with Crippen LogP contribution >= 0.6 is 0 Å². The van der Waals surface area contributed by atoms with Crippen molar-refractivity contribution in [2.24, 2.45) is 0 Å². The molecule has 0 unspecified atom stereocenters. The molecule has 0 bridgehead atoms. The fourth-order valence-corrected chi connectivity index (χ4v) is 3.26. The van der Waals surface area contributed by atoms with Crippen LogP contribution in [0.25, 0.3) is 10.8 Å². The molecule has 3 rings (SSSR count). The standard InChI is InChI=1S/C21H25N3O3/c1-23(15-20(26)24-12-4-5-13-24)19(25)10-11-22-21(27)18-9-8-16-6-2-3-7-17(16)14-18/h2-3,6-9,14H,4-5,10-13,15H2,1H3,(H,22,27). The molecule has 1 heterocycles. The van der Waals surface area contributed by atoms with Crippen molar-refractivity contribution in [3.8, 4) is 0 Å². The van der Waals surface area contributed by atoms with Gasteiger partial charge in [-0.1, -0.05) is 30.3 Å². The van der Waals surface area contributed by atoms with Gasteiger partial charge in [0.05, 0.1) is 6.54 Å². The van der Waals surface area contributed by atoms with Crippen LogP contribution in [-0.2, 0) is 9.59 Å². The smallest absolute Gasteiger partial charge is 0.251 e. The number of amides is 3. The molecule has 6 nitrogen and oxygen atoms in total. The molecule has 0 aromatic heterocycles. The highest BCUT2D eigenvalue weighted by Crippen LogP contribution is 2.15. The van der Waals surface area contributed by atoms with E-state index in [1.165, 1.54) is 4.90 Å². The van der Waals surface area contributed by atoms with Gasteiger partial charge in [0.15, 0.2) is 0 Å². The van der Waals surface area contributed by atoms with Crippen LogP contribution in [0.15, 0.2) is 42.5 Å². The van der Waals surface area contributed by atoms with E-state index in [-0.39, 0.29) is 37.2 Å². The Balaban J connectivity index is 1.45. The van der Waals surface area contributed by atoms with Gasteiger partial charge < -0.3 is 15.1 Å². The Morgan fingerprint density at radius 3 is 2.48 bits per heavy atom. The zero-order valence-electron chi connectivity index (χ0n) is 15.6. The number of carbonyl (C=O) groups excluding carboxylic acids is 3. The van der Waals surface area contributed by atoms with Crippen LogP contribution in [0.2, 0.25) is 0 Å². The van der Waals surface area contributed by atoms with Gasteiger partial charge in [-0.3, -0.25) is 14.4 Å². The summed E-state index contributed by atoms with van der Waals surface area (Å²) >= 11 is 0. The topological polar surface area (TPSA) is 69.7 Å². The predicted octanol–water partition coefficient (Wildman–Crippen LogP) is 2.04. The molecule has 0 radical (unpaired) electrons. The van der Waals surface area contributed by atoms with E-state index in [2.05, 4.69) is 5.32 Å². The number of fused-ring (bicyclic) bond motifs is 1. The van der Waals surface area contributed by atoms with Gasteiger partial charge in [0.25, 0.3) is 5.91 Å². The van der Waals surface area contributed by atoms with E-state index in [9.17, 15) is 14.4 Å². The lowest BCUT2D eigenvalue weighted by atomic mass is 10.1. The number of nitrogens with zero attached hydrogens (tertiary/aromatic N) is 2. The van der Waals surface area contributed by atoms with Crippen molar-refractivity contribution in [2.75, 3.05) is 33.2 Å². The van der Waals surface area contributed by atoms with Crippen molar-refractivity contribution in [1.29, 1.82) is 0 Å². The van der Waals surface area contributed by atoms with E-state index in [1.807, 2.05) is 36.4 Å². The molecule has 27 heavy (non-hydrogen) atoms. The number of carbonyl (C=O) groups is 3. The number of likely N-dealkylation sites (N-methyl/N-ethyl adjacent to an activating group) is 1. The van der Waals surface area contributed by atoms with Crippen molar-refractivity contribution >= 4 is 28.5 Å². The quantitative estimate of drug-likeness (QED) is 0.849. The SMILES string of the molecule is CN(CC(=O)N1CCCC1)C(=O)CCNC(=O)c1ccc2ccccc2c1. The molecule has 2 aromatic carbocycles. The maximum atomic E-state index is 12.3. The van der Waals surface area contributed by atoms with Gasteiger partial charge in [0.1, 0.15) is 0 Å². The van der Waals surface area contributed by atoms with Gasteiger partial charge in [-0.2, -0.15) is 0 Å². The van der Waals surface area contributed by atoms with Crippen LogP contribution in [0.1, 0.15) is 29.6 Å². The number of nitrogens with one attached hydrogen (secondary N) is 1. The highest BCUT2D eigenvalue weighted by molar-refractivity contribution is 5.98. The van der Waals surface area contributed by atoms with E-state index >= 15 is 0 Å². The molecule has 0 aliphatic carbocycles. The van der Waals surface area contributed by atoms with Crippen LogP contribution in [0, 0.1) is 0 Å². The van der Waals surface area contributed by atoms with Gasteiger partial charge >= 0.3 is 0 Å². The Morgan fingerprint density at radius 1 is 1.04 bits per heavy atom. The fraction of sp³-hybridized carbons (Fsp3) is 0.381. The molecular weight excluding hydrogens is 342 g/mol. The summed E-state index contributed by atoms with van der Waals surface area (Å²) in [6.45, 7) is 1.90. The minimum Gasteiger partial charge on any atom is -0.352 e. The molecular formula is C21H25N3O3. The molecule has 1 N–H and O–H groups in total. The number of benzene rings is 2. The summed E-state index contributed by atoms with van der Waals surface area (Å²) in [4.78, 5) is 39.8. The average molecular weight is 367 g/mol. The Morgan fingerprint density at radius 2 is 1.74 bits per heavy atom. The van der Waals surface area contributed by atoms with Crippen molar-refractivity contribution in [3.05, 3.63) is 48.0 Å². The zero-order chi connectivity index (χ0) is 19.2. The maximum absolute atomic E-state index is 12.3. The monoisotopic (exact) mass is 367 g/mol. The average Bonchev–Trinajstić information content (AvgIpc) is 3.22. The van der Waals surface area contributed by atoms with E-state index in [1.54, 1.807) is 18.0 Å². The zero-order valence-corrected chi connectivity index (χ0v) is 15.6. The second-order valence-electron chi connectivity index (χ2n) is 6.91. The first kappa shape index (κ1) is 18.9. The van der Waals surface area contributed by atoms with Crippen LogP contribution in [0.4, 0.5) is 0 Å². The Labute approximate surface area is 159 Å². The molecule has 1 fully saturated rings. The number of hydrogen-bond acceptors (Lipinski definition) is 3. The highest BCUT2D eigenvalue weighted by Gasteiger charge is 2.21. The first-order valence-electron chi connectivity index (χ1n) is 9.33. The maximum Gasteiger partial charge on any atom is 0.251 e. The molecule has 2 aromatic rings. The highest BCUT2D eigenvalue weighted by atomic mass is 16.2. The van der Waals surface area contributed by atoms with Crippen molar-refractivity contribution in [2.45, 2.75) is 19.3 Å². The molecule has 1 aliphatic heterocycles. The second kappa shape index (κ2) is 8.66.